The van der Waals surface area contributed by atoms with Crippen LogP contribution in [-0.4, -0.2) is 16.8 Å². The first-order chi connectivity index (χ1) is 9.88. The van der Waals surface area contributed by atoms with Crippen molar-refractivity contribution in [2.45, 2.75) is 17.1 Å². The van der Waals surface area contributed by atoms with Crippen molar-refractivity contribution in [3.8, 4) is 5.75 Å². The summed E-state index contributed by atoms with van der Waals surface area (Å²) in [6.45, 7) is 0.819. The minimum absolute atomic E-state index is 0.819. The van der Waals surface area contributed by atoms with E-state index in [9.17, 15) is 0 Å². The molecule has 4 rings (SSSR count). The monoisotopic (exact) mass is 282 g/mol. The molecule has 1 N–H and O–H groups in total. The lowest BCUT2D eigenvalue weighted by Crippen LogP contribution is -1.85. The maximum absolute atomic E-state index is 5.54. The van der Waals surface area contributed by atoms with Crippen LogP contribution >= 0.6 is 11.8 Å². The Morgan fingerprint density at radius 2 is 2.20 bits per heavy atom. The highest BCUT2D eigenvalue weighted by Crippen LogP contribution is 2.31. The molecule has 1 aromatic heterocycles. The molecular formula is C16H14N2OS. The first-order valence-electron chi connectivity index (χ1n) is 6.69. The molecule has 100 valence electrons. The normalized spacial score (nSPS) is 13.4. The van der Waals surface area contributed by atoms with Crippen molar-refractivity contribution in [3.05, 3.63) is 53.7 Å². The molecule has 2 aromatic carbocycles. The molecule has 4 heteroatoms. The summed E-state index contributed by atoms with van der Waals surface area (Å²) < 4.78 is 5.54. The van der Waals surface area contributed by atoms with Gasteiger partial charge in [-0.1, -0.05) is 12.1 Å². The lowest BCUT2D eigenvalue weighted by molar-refractivity contribution is 0.357. The quantitative estimate of drug-likeness (QED) is 0.743. The molecule has 1 aliphatic rings. The van der Waals surface area contributed by atoms with Crippen molar-refractivity contribution in [2.24, 2.45) is 0 Å². The second-order valence-electron chi connectivity index (χ2n) is 4.95. The Morgan fingerprint density at radius 3 is 3.20 bits per heavy atom. The molecule has 0 fully saturated rings. The summed E-state index contributed by atoms with van der Waals surface area (Å²) in [6, 6.07) is 12.9. The molecular weight excluding hydrogens is 268 g/mol. The Morgan fingerprint density at radius 1 is 1.20 bits per heavy atom. The number of hydrogen-bond donors (Lipinski definition) is 1. The molecule has 3 aromatic rings. The molecule has 0 unspecified atom stereocenters. The maximum Gasteiger partial charge on any atom is 0.122 e. The van der Waals surface area contributed by atoms with Crippen molar-refractivity contribution in [1.82, 2.24) is 10.2 Å². The van der Waals surface area contributed by atoms with Crippen molar-refractivity contribution in [1.29, 1.82) is 0 Å². The molecule has 1 aliphatic heterocycles. The van der Waals surface area contributed by atoms with Gasteiger partial charge in [0.05, 0.1) is 18.3 Å². The van der Waals surface area contributed by atoms with Crippen molar-refractivity contribution in [2.75, 3.05) is 6.61 Å². The highest BCUT2D eigenvalue weighted by molar-refractivity contribution is 7.98. The summed E-state index contributed by atoms with van der Waals surface area (Å²) >= 11 is 1.86. The molecule has 0 radical (unpaired) electrons. The van der Waals surface area contributed by atoms with E-state index in [-0.39, 0.29) is 0 Å². The zero-order chi connectivity index (χ0) is 13.4. The number of aromatic nitrogens is 2. The van der Waals surface area contributed by atoms with Gasteiger partial charge in [-0.25, -0.2) is 0 Å². The first kappa shape index (κ1) is 11.9. The minimum atomic E-state index is 0.819. The van der Waals surface area contributed by atoms with Gasteiger partial charge in [-0.15, -0.1) is 11.8 Å². The smallest absolute Gasteiger partial charge is 0.122 e. The minimum Gasteiger partial charge on any atom is -0.493 e. The van der Waals surface area contributed by atoms with Gasteiger partial charge in [0, 0.05) is 22.5 Å². The van der Waals surface area contributed by atoms with Gasteiger partial charge in [0.1, 0.15) is 5.75 Å². The summed E-state index contributed by atoms with van der Waals surface area (Å²) in [5.74, 6) is 2.02. The average molecular weight is 282 g/mol. The molecule has 0 atom stereocenters. The van der Waals surface area contributed by atoms with E-state index in [4.69, 9.17) is 4.74 Å². The topological polar surface area (TPSA) is 37.9 Å². The van der Waals surface area contributed by atoms with Crippen molar-refractivity contribution in [3.63, 3.8) is 0 Å². The summed E-state index contributed by atoms with van der Waals surface area (Å²) in [4.78, 5) is 1.30. The van der Waals surface area contributed by atoms with Gasteiger partial charge in [-0.2, -0.15) is 5.10 Å². The number of fused-ring (bicyclic) bond motifs is 2. The number of thioether (sulfide) groups is 1. The van der Waals surface area contributed by atoms with E-state index in [1.54, 1.807) is 0 Å². The van der Waals surface area contributed by atoms with Gasteiger partial charge < -0.3 is 4.74 Å². The molecule has 0 saturated carbocycles. The molecule has 3 nitrogen and oxygen atoms in total. The highest BCUT2D eigenvalue weighted by Gasteiger charge is 2.12. The first-order valence-corrected chi connectivity index (χ1v) is 7.67. The summed E-state index contributed by atoms with van der Waals surface area (Å²) in [5.41, 5.74) is 3.74. The SMILES string of the molecule is c1cc2cn[nH]c2cc1CSc1ccc2c(c1)CCO2. The van der Waals surface area contributed by atoms with Crippen LogP contribution in [0.25, 0.3) is 10.9 Å². The molecule has 0 amide bonds. The van der Waals surface area contributed by atoms with E-state index in [0.29, 0.717) is 0 Å². The molecule has 20 heavy (non-hydrogen) atoms. The second-order valence-corrected chi connectivity index (χ2v) is 6.00. The zero-order valence-electron chi connectivity index (χ0n) is 10.9. The van der Waals surface area contributed by atoms with E-state index >= 15 is 0 Å². The number of rotatable bonds is 3. The third-order valence-electron chi connectivity index (χ3n) is 3.57. The molecule has 0 saturated heterocycles. The molecule has 0 spiro atoms. The number of H-pyrrole nitrogens is 1. The molecule has 0 bridgehead atoms. The van der Waals surface area contributed by atoms with Gasteiger partial charge in [-0.3, -0.25) is 5.10 Å². The van der Waals surface area contributed by atoms with E-state index in [2.05, 4.69) is 46.6 Å². The van der Waals surface area contributed by atoms with E-state index in [1.165, 1.54) is 16.0 Å². The number of nitrogens with zero attached hydrogens (tertiary/aromatic N) is 1. The number of aromatic amines is 1. The maximum atomic E-state index is 5.54. The van der Waals surface area contributed by atoms with E-state index in [1.807, 2.05) is 18.0 Å². The van der Waals surface area contributed by atoms with Crippen LogP contribution in [0.4, 0.5) is 0 Å². The standard InChI is InChI=1S/C16H14N2OS/c1-2-13-9-17-18-15(13)7-11(1)10-20-14-3-4-16-12(8-14)5-6-19-16/h1-4,7-9H,5-6,10H2,(H,17,18). The van der Waals surface area contributed by atoms with Gasteiger partial charge in [-0.05, 0) is 35.4 Å². The second kappa shape index (κ2) is 4.87. The Bertz CT molecular complexity index is 766. The van der Waals surface area contributed by atoms with Crippen LogP contribution in [0.2, 0.25) is 0 Å². The fraction of sp³-hybridized carbons (Fsp3) is 0.188. The average Bonchev–Trinajstić information content (AvgIpc) is 3.12. The van der Waals surface area contributed by atoms with Crippen LogP contribution in [0.15, 0.2) is 47.5 Å². The summed E-state index contributed by atoms with van der Waals surface area (Å²) in [5, 5.41) is 8.23. The predicted octanol–water partition coefficient (Wildman–Crippen LogP) is 3.79. The lowest BCUT2D eigenvalue weighted by atomic mass is 10.2. The largest absolute Gasteiger partial charge is 0.493 e. The highest BCUT2D eigenvalue weighted by atomic mass is 32.2. The predicted molar refractivity (Wildman–Crippen MR) is 81.3 cm³/mol. The van der Waals surface area contributed by atoms with Gasteiger partial charge >= 0.3 is 0 Å². The number of hydrogen-bond acceptors (Lipinski definition) is 3. The van der Waals surface area contributed by atoms with Crippen LogP contribution in [-0.2, 0) is 12.2 Å². The van der Waals surface area contributed by atoms with Crippen LogP contribution in [0, 0.1) is 0 Å². The van der Waals surface area contributed by atoms with Gasteiger partial charge in [0.15, 0.2) is 0 Å². The lowest BCUT2D eigenvalue weighted by Gasteiger charge is -2.04. The molecule has 2 heterocycles. The Labute approximate surface area is 121 Å². The fourth-order valence-electron chi connectivity index (χ4n) is 2.49. The fourth-order valence-corrected chi connectivity index (χ4v) is 3.40. The van der Waals surface area contributed by atoms with Gasteiger partial charge in [0.2, 0.25) is 0 Å². The van der Waals surface area contributed by atoms with Crippen LogP contribution < -0.4 is 4.74 Å². The van der Waals surface area contributed by atoms with Crippen LogP contribution in [0.3, 0.4) is 0 Å². The van der Waals surface area contributed by atoms with Crippen molar-refractivity contribution >= 4 is 22.7 Å². The van der Waals surface area contributed by atoms with Crippen LogP contribution in [0.5, 0.6) is 5.75 Å². The zero-order valence-corrected chi connectivity index (χ0v) is 11.7. The Kier molecular flexibility index (Phi) is 2.89. The summed E-state index contributed by atoms with van der Waals surface area (Å²) in [6.07, 6.45) is 2.89. The number of benzene rings is 2. The van der Waals surface area contributed by atoms with Gasteiger partial charge in [0.25, 0.3) is 0 Å². The van der Waals surface area contributed by atoms with Crippen LogP contribution in [0.1, 0.15) is 11.1 Å². The number of ether oxygens (including phenoxy) is 1. The van der Waals surface area contributed by atoms with E-state index in [0.717, 1.165) is 35.4 Å². The van der Waals surface area contributed by atoms with E-state index < -0.39 is 0 Å². The number of nitrogens with one attached hydrogen (secondary N) is 1. The van der Waals surface area contributed by atoms with Crippen molar-refractivity contribution < 1.29 is 4.74 Å². The third kappa shape index (κ3) is 2.16. The third-order valence-corrected chi connectivity index (χ3v) is 4.64. The summed E-state index contributed by atoms with van der Waals surface area (Å²) in [7, 11) is 0. The Hall–Kier alpha value is -1.94. The molecule has 0 aliphatic carbocycles. The Balaban J connectivity index is 1.52.